The topological polar surface area (TPSA) is 38.7 Å². The number of hydrogen-bond acceptors (Lipinski definition) is 3. The first kappa shape index (κ1) is 10.5. The van der Waals surface area contributed by atoms with E-state index in [1.54, 1.807) is 7.11 Å². The summed E-state index contributed by atoms with van der Waals surface area (Å²) in [6, 6.07) is 7.92. The molecule has 3 heteroatoms. The summed E-state index contributed by atoms with van der Waals surface area (Å²) in [6.45, 7) is 1.45. The van der Waals surface area contributed by atoms with Crippen molar-refractivity contribution in [3.8, 4) is 5.75 Å². The highest BCUT2D eigenvalue weighted by molar-refractivity contribution is 5.34. The number of methoxy groups -OCH3 is 1. The van der Waals surface area contributed by atoms with Gasteiger partial charge in [0.1, 0.15) is 5.75 Å². The molecule has 1 N–H and O–H groups in total. The van der Waals surface area contributed by atoms with Crippen LogP contribution < -0.4 is 4.74 Å². The van der Waals surface area contributed by atoms with E-state index >= 15 is 0 Å². The van der Waals surface area contributed by atoms with E-state index in [0.717, 1.165) is 17.7 Å². The maximum atomic E-state index is 9.34. The van der Waals surface area contributed by atoms with Crippen molar-refractivity contribution in [2.24, 2.45) is 5.41 Å². The molecule has 1 aliphatic rings. The Hall–Kier alpha value is -1.06. The summed E-state index contributed by atoms with van der Waals surface area (Å²) >= 11 is 0. The van der Waals surface area contributed by atoms with Crippen molar-refractivity contribution in [3.63, 3.8) is 0 Å². The lowest BCUT2D eigenvalue weighted by molar-refractivity contribution is -0.136. The third kappa shape index (κ3) is 1.98. The number of benzene rings is 1. The summed E-state index contributed by atoms with van der Waals surface area (Å²) < 4.78 is 10.5. The quantitative estimate of drug-likeness (QED) is 0.809. The van der Waals surface area contributed by atoms with Crippen LogP contribution in [-0.2, 0) is 11.2 Å². The molecule has 0 saturated carbocycles. The van der Waals surface area contributed by atoms with Crippen LogP contribution in [0.2, 0.25) is 0 Å². The van der Waals surface area contributed by atoms with Gasteiger partial charge in [0, 0.05) is 5.41 Å². The molecule has 1 aromatic rings. The third-order valence-corrected chi connectivity index (χ3v) is 2.91. The molecule has 1 aliphatic heterocycles. The van der Waals surface area contributed by atoms with E-state index in [4.69, 9.17) is 9.47 Å². The number of aliphatic hydroxyl groups excluding tert-OH is 1. The number of aliphatic hydroxyl groups is 1. The normalized spacial score (nSPS) is 18.3. The number of hydrogen-bond donors (Lipinski definition) is 1. The summed E-state index contributed by atoms with van der Waals surface area (Å²) in [5.74, 6) is 0.886. The lowest BCUT2D eigenvalue weighted by Crippen LogP contribution is -2.47. The van der Waals surface area contributed by atoms with Gasteiger partial charge in [-0.05, 0) is 18.1 Å². The largest absolute Gasteiger partial charge is 0.496 e. The monoisotopic (exact) mass is 208 g/mol. The maximum Gasteiger partial charge on any atom is 0.122 e. The SMILES string of the molecule is COc1ccccc1CC1(CO)COC1. The summed E-state index contributed by atoms with van der Waals surface area (Å²) in [6.07, 6.45) is 0.813. The van der Waals surface area contributed by atoms with Gasteiger partial charge in [0.05, 0.1) is 26.9 Å². The molecule has 0 unspecified atom stereocenters. The minimum absolute atomic E-state index is 0.0887. The van der Waals surface area contributed by atoms with Crippen LogP contribution in [0.4, 0.5) is 0 Å². The number of rotatable bonds is 4. The zero-order valence-corrected chi connectivity index (χ0v) is 8.90. The van der Waals surface area contributed by atoms with Crippen molar-refractivity contribution in [1.29, 1.82) is 0 Å². The lowest BCUT2D eigenvalue weighted by atomic mass is 9.80. The number of ether oxygens (including phenoxy) is 2. The molecule has 0 bridgehead atoms. The Morgan fingerprint density at radius 2 is 2.13 bits per heavy atom. The molecule has 82 valence electrons. The maximum absolute atomic E-state index is 9.34. The Labute approximate surface area is 89.6 Å². The van der Waals surface area contributed by atoms with Crippen molar-refractivity contribution in [2.75, 3.05) is 26.9 Å². The highest BCUT2D eigenvalue weighted by Gasteiger charge is 2.38. The van der Waals surface area contributed by atoms with E-state index in [1.165, 1.54) is 0 Å². The minimum atomic E-state index is -0.0887. The van der Waals surface area contributed by atoms with Crippen LogP contribution in [0.5, 0.6) is 5.75 Å². The van der Waals surface area contributed by atoms with E-state index in [-0.39, 0.29) is 12.0 Å². The van der Waals surface area contributed by atoms with Crippen molar-refractivity contribution < 1.29 is 14.6 Å². The van der Waals surface area contributed by atoms with Gasteiger partial charge in [-0.2, -0.15) is 0 Å². The molecule has 0 amide bonds. The van der Waals surface area contributed by atoms with Crippen LogP contribution in [0.1, 0.15) is 5.56 Å². The first-order valence-electron chi connectivity index (χ1n) is 5.10. The van der Waals surface area contributed by atoms with Crippen LogP contribution in [0.25, 0.3) is 0 Å². The Kier molecular flexibility index (Phi) is 2.93. The molecule has 1 saturated heterocycles. The van der Waals surface area contributed by atoms with Crippen LogP contribution in [0.15, 0.2) is 24.3 Å². The summed E-state index contributed by atoms with van der Waals surface area (Å²) in [4.78, 5) is 0. The van der Waals surface area contributed by atoms with Gasteiger partial charge < -0.3 is 14.6 Å². The highest BCUT2D eigenvalue weighted by Crippen LogP contribution is 2.33. The fourth-order valence-electron chi connectivity index (χ4n) is 1.89. The van der Waals surface area contributed by atoms with Crippen LogP contribution in [0, 0.1) is 5.41 Å². The predicted octanol–water partition coefficient (Wildman–Crippen LogP) is 1.25. The zero-order valence-electron chi connectivity index (χ0n) is 8.90. The number of para-hydroxylation sites is 1. The molecule has 3 nitrogen and oxygen atoms in total. The Morgan fingerprint density at radius 3 is 2.67 bits per heavy atom. The van der Waals surface area contributed by atoms with Crippen LogP contribution in [0.3, 0.4) is 0 Å². The van der Waals surface area contributed by atoms with E-state index < -0.39 is 0 Å². The average Bonchev–Trinajstić information content (AvgIpc) is 2.24. The van der Waals surface area contributed by atoms with Gasteiger partial charge in [-0.15, -0.1) is 0 Å². The molecule has 1 aromatic carbocycles. The molecule has 2 rings (SSSR count). The van der Waals surface area contributed by atoms with Gasteiger partial charge >= 0.3 is 0 Å². The molecule has 1 heterocycles. The lowest BCUT2D eigenvalue weighted by Gasteiger charge is -2.40. The summed E-state index contributed by atoms with van der Waals surface area (Å²) in [7, 11) is 1.67. The third-order valence-electron chi connectivity index (χ3n) is 2.91. The van der Waals surface area contributed by atoms with Gasteiger partial charge in [-0.3, -0.25) is 0 Å². The standard InChI is InChI=1S/C12H16O3/c1-14-11-5-3-2-4-10(11)6-12(7-13)8-15-9-12/h2-5,13H,6-9H2,1H3. The molecule has 0 aromatic heterocycles. The van der Waals surface area contributed by atoms with Crippen LogP contribution >= 0.6 is 0 Å². The van der Waals surface area contributed by atoms with Crippen molar-refractivity contribution in [3.05, 3.63) is 29.8 Å². The smallest absolute Gasteiger partial charge is 0.122 e. The van der Waals surface area contributed by atoms with Gasteiger partial charge in [-0.25, -0.2) is 0 Å². The van der Waals surface area contributed by atoms with Gasteiger partial charge in [0.15, 0.2) is 0 Å². The Bertz CT molecular complexity index is 326. The first-order valence-corrected chi connectivity index (χ1v) is 5.10. The van der Waals surface area contributed by atoms with Gasteiger partial charge in [0.2, 0.25) is 0 Å². The van der Waals surface area contributed by atoms with Crippen molar-refractivity contribution >= 4 is 0 Å². The molecule has 1 fully saturated rings. The second kappa shape index (κ2) is 4.21. The van der Waals surface area contributed by atoms with Crippen molar-refractivity contribution in [1.82, 2.24) is 0 Å². The summed E-state index contributed by atoms with van der Waals surface area (Å²) in [5.41, 5.74) is 1.05. The predicted molar refractivity (Wildman–Crippen MR) is 57.0 cm³/mol. The molecule has 0 radical (unpaired) electrons. The summed E-state index contributed by atoms with van der Waals surface area (Å²) in [5, 5.41) is 9.34. The molecule has 0 spiro atoms. The Morgan fingerprint density at radius 1 is 1.40 bits per heavy atom. The molecule has 15 heavy (non-hydrogen) atoms. The highest BCUT2D eigenvalue weighted by atomic mass is 16.5. The molecule has 0 atom stereocenters. The fraction of sp³-hybridized carbons (Fsp3) is 0.500. The van der Waals surface area contributed by atoms with Crippen LogP contribution in [-0.4, -0.2) is 32.0 Å². The molecule has 0 aliphatic carbocycles. The van der Waals surface area contributed by atoms with E-state index in [1.807, 2.05) is 24.3 Å². The molecular weight excluding hydrogens is 192 g/mol. The Balaban J connectivity index is 2.15. The van der Waals surface area contributed by atoms with E-state index in [0.29, 0.717) is 13.2 Å². The molecular formula is C12H16O3. The zero-order chi connectivity index (χ0) is 10.7. The fourth-order valence-corrected chi connectivity index (χ4v) is 1.89. The van der Waals surface area contributed by atoms with E-state index in [9.17, 15) is 5.11 Å². The second-order valence-electron chi connectivity index (χ2n) is 4.14. The minimum Gasteiger partial charge on any atom is -0.496 e. The first-order chi connectivity index (χ1) is 7.29. The van der Waals surface area contributed by atoms with E-state index in [2.05, 4.69) is 0 Å². The average molecular weight is 208 g/mol. The second-order valence-corrected chi connectivity index (χ2v) is 4.14. The van der Waals surface area contributed by atoms with Crippen molar-refractivity contribution in [2.45, 2.75) is 6.42 Å². The van der Waals surface area contributed by atoms with Gasteiger partial charge in [-0.1, -0.05) is 18.2 Å². The van der Waals surface area contributed by atoms with Gasteiger partial charge in [0.25, 0.3) is 0 Å².